The molecule has 0 fully saturated rings. The number of hydrogen-bond acceptors (Lipinski definition) is 4. The molecule has 0 spiro atoms. The summed E-state index contributed by atoms with van der Waals surface area (Å²) in [5, 5.41) is 25.6. The van der Waals surface area contributed by atoms with Gasteiger partial charge in [-0.05, 0) is 48.2 Å². The van der Waals surface area contributed by atoms with Crippen molar-refractivity contribution in [3.63, 3.8) is 0 Å². The van der Waals surface area contributed by atoms with E-state index in [0.29, 0.717) is 21.7 Å². The monoisotopic (exact) mass is 545 g/mol. The molecule has 0 saturated carbocycles. The summed E-state index contributed by atoms with van der Waals surface area (Å²) in [5.74, 6) is -1.48. The number of rotatable bonds is 8. The maximum absolute atomic E-state index is 13.2. The first-order valence-electron chi connectivity index (χ1n) is 12.2. The van der Waals surface area contributed by atoms with Gasteiger partial charge in [-0.1, -0.05) is 77.8 Å². The predicted molar refractivity (Wildman–Crippen MR) is 151 cm³/mol. The Morgan fingerprint density at radius 2 is 1.69 bits per heavy atom. The van der Waals surface area contributed by atoms with E-state index in [-0.39, 0.29) is 24.4 Å². The van der Waals surface area contributed by atoms with Crippen molar-refractivity contribution in [1.29, 1.82) is 0 Å². The van der Waals surface area contributed by atoms with Gasteiger partial charge >= 0.3 is 12.0 Å². The molecule has 8 nitrogen and oxygen atoms in total. The second-order valence-electron chi connectivity index (χ2n) is 9.30. The van der Waals surface area contributed by atoms with Crippen LogP contribution < -0.4 is 16.2 Å². The molecule has 4 aromatic rings. The fourth-order valence-corrected chi connectivity index (χ4v) is 4.45. The number of halogens is 1. The zero-order chi connectivity index (χ0) is 28.1. The van der Waals surface area contributed by atoms with Crippen LogP contribution in [0.1, 0.15) is 34.7 Å². The quantitative estimate of drug-likeness (QED) is 0.220. The van der Waals surface area contributed by atoms with Crippen molar-refractivity contribution < 1.29 is 19.8 Å². The standard InChI is InChI=1S/C30H28ClN3O5/c1-18-10-12-20(13-11-18)21-7-5-8-22(14-21)25(15-26(35)36)32-30(39)33-27-28(37)19(2)16-34(29(27)38)17-23-6-3-4-9-24(23)31/h3-14,16,25,37H,15,17H2,1-2H3,(H,35,36)(H2,32,33,39)/t25-/m0/s1. The second kappa shape index (κ2) is 11.9. The van der Waals surface area contributed by atoms with E-state index in [9.17, 15) is 24.6 Å². The van der Waals surface area contributed by atoms with E-state index < -0.39 is 23.6 Å². The molecule has 4 N–H and O–H groups in total. The Morgan fingerprint density at radius 1 is 0.974 bits per heavy atom. The van der Waals surface area contributed by atoms with E-state index in [1.54, 1.807) is 43.3 Å². The molecule has 3 aromatic carbocycles. The number of carboxylic acids is 1. The van der Waals surface area contributed by atoms with E-state index in [1.165, 1.54) is 10.8 Å². The molecular formula is C30H28ClN3O5. The van der Waals surface area contributed by atoms with E-state index >= 15 is 0 Å². The molecule has 200 valence electrons. The first-order valence-corrected chi connectivity index (χ1v) is 12.6. The number of carbonyl (C=O) groups excluding carboxylic acids is 1. The fraction of sp³-hybridized carbons (Fsp3) is 0.167. The van der Waals surface area contributed by atoms with Crippen LogP contribution in [0.25, 0.3) is 11.1 Å². The lowest BCUT2D eigenvalue weighted by atomic mass is 9.97. The lowest BCUT2D eigenvalue weighted by molar-refractivity contribution is -0.137. The van der Waals surface area contributed by atoms with Gasteiger partial charge in [-0.25, -0.2) is 4.79 Å². The number of benzene rings is 3. The van der Waals surface area contributed by atoms with Gasteiger partial charge in [-0.2, -0.15) is 0 Å². The van der Waals surface area contributed by atoms with Gasteiger partial charge in [0, 0.05) is 16.8 Å². The number of hydrogen-bond donors (Lipinski definition) is 4. The summed E-state index contributed by atoms with van der Waals surface area (Å²) in [7, 11) is 0. The average molecular weight is 546 g/mol. The Morgan fingerprint density at radius 3 is 2.38 bits per heavy atom. The molecule has 1 aromatic heterocycles. The summed E-state index contributed by atoms with van der Waals surface area (Å²) in [4.78, 5) is 37.8. The van der Waals surface area contributed by atoms with Crippen LogP contribution in [0.2, 0.25) is 5.02 Å². The van der Waals surface area contributed by atoms with E-state index in [4.69, 9.17) is 11.6 Å². The largest absolute Gasteiger partial charge is 0.505 e. The van der Waals surface area contributed by atoms with Crippen molar-refractivity contribution in [2.45, 2.75) is 32.9 Å². The lowest BCUT2D eigenvalue weighted by Crippen LogP contribution is -2.36. The minimum atomic E-state index is -1.11. The van der Waals surface area contributed by atoms with Crippen molar-refractivity contribution >= 4 is 29.3 Å². The molecule has 9 heteroatoms. The Labute approximate surface area is 230 Å². The van der Waals surface area contributed by atoms with Crippen LogP contribution in [0.3, 0.4) is 0 Å². The van der Waals surface area contributed by atoms with Crippen LogP contribution >= 0.6 is 11.6 Å². The molecule has 0 unspecified atom stereocenters. The van der Waals surface area contributed by atoms with Crippen LogP contribution in [0, 0.1) is 13.8 Å². The topological polar surface area (TPSA) is 121 Å². The number of carbonyl (C=O) groups is 2. The minimum absolute atomic E-state index is 0.128. The number of aromatic hydroxyl groups is 1. The van der Waals surface area contributed by atoms with Gasteiger partial charge < -0.3 is 25.4 Å². The number of anilines is 1. The van der Waals surface area contributed by atoms with Crippen LogP contribution in [0.4, 0.5) is 10.5 Å². The number of aliphatic carboxylic acids is 1. The van der Waals surface area contributed by atoms with Gasteiger partial charge in [0.25, 0.3) is 5.56 Å². The normalized spacial score (nSPS) is 11.6. The van der Waals surface area contributed by atoms with Crippen LogP contribution in [-0.4, -0.2) is 26.8 Å². The Kier molecular flexibility index (Phi) is 8.36. The maximum Gasteiger partial charge on any atom is 0.319 e. The zero-order valence-corrected chi connectivity index (χ0v) is 22.2. The lowest BCUT2D eigenvalue weighted by Gasteiger charge is -2.20. The first-order chi connectivity index (χ1) is 18.6. The van der Waals surface area contributed by atoms with E-state index in [1.807, 2.05) is 43.3 Å². The molecule has 0 saturated heterocycles. The van der Waals surface area contributed by atoms with Crippen molar-refractivity contribution in [3.8, 4) is 16.9 Å². The van der Waals surface area contributed by atoms with Gasteiger partial charge in [0.05, 0.1) is 19.0 Å². The number of carboxylic acid groups (broad SMARTS) is 1. The van der Waals surface area contributed by atoms with Gasteiger partial charge in [-0.15, -0.1) is 0 Å². The number of aromatic nitrogens is 1. The molecule has 0 radical (unpaired) electrons. The van der Waals surface area contributed by atoms with Gasteiger partial charge in [0.15, 0.2) is 5.69 Å². The molecule has 0 aliphatic rings. The number of aryl methyl sites for hydroxylation is 2. The predicted octanol–water partition coefficient (Wildman–Crippen LogP) is 5.88. The molecule has 1 heterocycles. The van der Waals surface area contributed by atoms with Gasteiger partial charge in [-0.3, -0.25) is 9.59 Å². The van der Waals surface area contributed by atoms with E-state index in [0.717, 1.165) is 16.7 Å². The molecule has 0 aliphatic carbocycles. The minimum Gasteiger partial charge on any atom is -0.505 e. The molecule has 4 rings (SSSR count). The van der Waals surface area contributed by atoms with Crippen molar-refractivity contribution in [3.05, 3.63) is 117 Å². The number of amides is 2. The number of nitrogens with zero attached hydrogens (tertiary/aromatic N) is 1. The fourth-order valence-electron chi connectivity index (χ4n) is 4.25. The van der Waals surface area contributed by atoms with Gasteiger partial charge in [0.1, 0.15) is 5.75 Å². The van der Waals surface area contributed by atoms with Crippen molar-refractivity contribution in [1.82, 2.24) is 9.88 Å². The third-order valence-corrected chi connectivity index (χ3v) is 6.70. The highest BCUT2D eigenvalue weighted by Crippen LogP contribution is 2.27. The third kappa shape index (κ3) is 6.66. The van der Waals surface area contributed by atoms with Gasteiger partial charge in [0.2, 0.25) is 0 Å². The number of urea groups is 1. The highest BCUT2D eigenvalue weighted by atomic mass is 35.5. The Balaban J connectivity index is 1.59. The molecule has 39 heavy (non-hydrogen) atoms. The smallest absolute Gasteiger partial charge is 0.319 e. The van der Waals surface area contributed by atoms with Crippen LogP contribution in [0.5, 0.6) is 5.75 Å². The Bertz CT molecular complexity index is 1580. The highest BCUT2D eigenvalue weighted by molar-refractivity contribution is 6.31. The molecule has 0 bridgehead atoms. The number of nitrogens with one attached hydrogen (secondary N) is 2. The molecule has 0 aliphatic heterocycles. The van der Waals surface area contributed by atoms with Crippen molar-refractivity contribution in [2.24, 2.45) is 0 Å². The summed E-state index contributed by atoms with van der Waals surface area (Å²) in [6.07, 6.45) is 1.09. The Hall–Kier alpha value is -4.56. The third-order valence-electron chi connectivity index (χ3n) is 6.33. The summed E-state index contributed by atoms with van der Waals surface area (Å²) in [6.45, 7) is 3.72. The van der Waals surface area contributed by atoms with Crippen LogP contribution in [-0.2, 0) is 11.3 Å². The molecule has 2 amide bonds. The maximum atomic E-state index is 13.2. The highest BCUT2D eigenvalue weighted by Gasteiger charge is 2.22. The summed E-state index contributed by atoms with van der Waals surface area (Å²) < 4.78 is 1.34. The summed E-state index contributed by atoms with van der Waals surface area (Å²) in [6, 6.07) is 20.5. The summed E-state index contributed by atoms with van der Waals surface area (Å²) in [5.41, 5.74) is 3.61. The summed E-state index contributed by atoms with van der Waals surface area (Å²) >= 11 is 6.24. The van der Waals surface area contributed by atoms with E-state index in [2.05, 4.69) is 10.6 Å². The average Bonchev–Trinajstić information content (AvgIpc) is 2.91. The number of pyridine rings is 1. The van der Waals surface area contributed by atoms with Crippen LogP contribution in [0.15, 0.2) is 83.8 Å². The van der Waals surface area contributed by atoms with Crippen molar-refractivity contribution in [2.75, 3.05) is 5.32 Å². The SMILES string of the molecule is Cc1ccc(-c2cccc([C@H](CC(=O)O)NC(=O)Nc3c(O)c(C)cn(Cc4ccccc4Cl)c3=O)c2)cc1. The second-order valence-corrected chi connectivity index (χ2v) is 9.71. The first kappa shape index (κ1) is 27.5. The molecule has 1 atom stereocenters. The molecular weight excluding hydrogens is 518 g/mol. The zero-order valence-electron chi connectivity index (χ0n) is 21.4.